The Hall–Kier alpha value is -0.610. The minimum atomic E-state index is -1.04. The number of hydrogen-bond acceptors (Lipinski definition) is 1. The summed E-state index contributed by atoms with van der Waals surface area (Å²) in [5.74, 6) is -0.426. The lowest BCUT2D eigenvalue weighted by molar-refractivity contribution is 0.219. The maximum atomic E-state index is 13.2. The predicted octanol–water partition coefficient (Wildman–Crippen LogP) is 4.98. The molecule has 2 rings (SSSR count). The molecule has 2 aromatic carbocycles. The Labute approximate surface area is 122 Å². The van der Waals surface area contributed by atoms with Gasteiger partial charge >= 0.3 is 0 Å². The molecular formula is C13H8BrCl2FO. The average molecular weight is 350 g/mol. The molecule has 2 aromatic rings. The molecule has 0 saturated heterocycles. The van der Waals surface area contributed by atoms with Crippen LogP contribution >= 0.6 is 39.1 Å². The molecule has 0 bridgehead atoms. The first-order valence-electron chi connectivity index (χ1n) is 5.07. The van der Waals surface area contributed by atoms with E-state index >= 15 is 0 Å². The Morgan fingerprint density at radius 1 is 1.11 bits per heavy atom. The van der Waals surface area contributed by atoms with Crippen LogP contribution in [0.25, 0.3) is 0 Å². The number of benzene rings is 2. The van der Waals surface area contributed by atoms with E-state index < -0.39 is 11.9 Å². The van der Waals surface area contributed by atoms with Crippen molar-refractivity contribution in [3.63, 3.8) is 0 Å². The monoisotopic (exact) mass is 348 g/mol. The predicted molar refractivity (Wildman–Crippen MR) is 74.6 cm³/mol. The Morgan fingerprint density at radius 2 is 1.83 bits per heavy atom. The Bertz CT molecular complexity index is 587. The highest BCUT2D eigenvalue weighted by atomic mass is 79.9. The third-order valence-corrected chi connectivity index (χ3v) is 4.08. The van der Waals surface area contributed by atoms with Crippen LogP contribution in [-0.2, 0) is 0 Å². The van der Waals surface area contributed by atoms with Gasteiger partial charge in [-0.25, -0.2) is 4.39 Å². The minimum absolute atomic E-state index is 0.267. The lowest BCUT2D eigenvalue weighted by atomic mass is 10.0. The van der Waals surface area contributed by atoms with E-state index in [1.54, 1.807) is 18.2 Å². The fourth-order valence-corrected chi connectivity index (χ4v) is 2.50. The smallest absolute Gasteiger partial charge is 0.123 e. The fraction of sp³-hybridized carbons (Fsp3) is 0.0769. The van der Waals surface area contributed by atoms with Gasteiger partial charge in [0.25, 0.3) is 0 Å². The molecule has 0 aliphatic carbocycles. The summed E-state index contributed by atoms with van der Waals surface area (Å²) in [5, 5.41) is 10.9. The second-order valence-corrected chi connectivity index (χ2v) is 5.35. The van der Waals surface area contributed by atoms with Crippen LogP contribution < -0.4 is 0 Å². The van der Waals surface area contributed by atoms with Crippen molar-refractivity contribution in [2.45, 2.75) is 6.10 Å². The van der Waals surface area contributed by atoms with E-state index in [-0.39, 0.29) is 5.02 Å². The highest BCUT2D eigenvalue weighted by Gasteiger charge is 2.18. The van der Waals surface area contributed by atoms with Crippen molar-refractivity contribution in [3.05, 3.63) is 67.9 Å². The van der Waals surface area contributed by atoms with Gasteiger partial charge < -0.3 is 5.11 Å². The fourth-order valence-electron chi connectivity index (χ4n) is 1.62. The van der Waals surface area contributed by atoms with Crippen molar-refractivity contribution in [3.8, 4) is 0 Å². The van der Waals surface area contributed by atoms with Crippen molar-refractivity contribution >= 4 is 39.1 Å². The molecule has 0 radical (unpaired) electrons. The van der Waals surface area contributed by atoms with Gasteiger partial charge in [-0.15, -0.1) is 0 Å². The van der Waals surface area contributed by atoms with E-state index in [2.05, 4.69) is 15.9 Å². The molecule has 5 heteroatoms. The van der Waals surface area contributed by atoms with E-state index in [9.17, 15) is 9.50 Å². The lowest BCUT2D eigenvalue weighted by Gasteiger charge is -2.15. The van der Waals surface area contributed by atoms with E-state index in [0.717, 1.165) is 0 Å². The highest BCUT2D eigenvalue weighted by molar-refractivity contribution is 9.10. The summed E-state index contributed by atoms with van der Waals surface area (Å²) >= 11 is 15.2. The third kappa shape index (κ3) is 2.69. The SMILES string of the molecule is OC(c1cc(F)ccc1Br)c1cccc(Cl)c1Cl. The molecule has 0 aromatic heterocycles. The van der Waals surface area contributed by atoms with E-state index in [1.165, 1.54) is 18.2 Å². The molecule has 94 valence electrons. The van der Waals surface area contributed by atoms with Crippen molar-refractivity contribution in [2.24, 2.45) is 0 Å². The third-order valence-electron chi connectivity index (χ3n) is 2.53. The summed E-state index contributed by atoms with van der Waals surface area (Å²) in [4.78, 5) is 0. The van der Waals surface area contributed by atoms with Crippen LogP contribution in [0.5, 0.6) is 0 Å². The molecule has 1 nitrogen and oxygen atoms in total. The molecule has 0 saturated carbocycles. The van der Waals surface area contributed by atoms with Crippen molar-refractivity contribution in [1.29, 1.82) is 0 Å². The minimum Gasteiger partial charge on any atom is -0.384 e. The van der Waals surface area contributed by atoms with Gasteiger partial charge in [0, 0.05) is 15.6 Å². The van der Waals surface area contributed by atoms with Gasteiger partial charge in [-0.05, 0) is 24.3 Å². The molecular weight excluding hydrogens is 342 g/mol. The summed E-state index contributed by atoms with van der Waals surface area (Å²) in [6.07, 6.45) is -1.04. The molecule has 0 amide bonds. The Balaban J connectivity index is 2.51. The molecule has 0 heterocycles. The summed E-state index contributed by atoms with van der Waals surface area (Å²) in [7, 11) is 0. The quantitative estimate of drug-likeness (QED) is 0.810. The molecule has 0 aliphatic heterocycles. The first-order valence-corrected chi connectivity index (χ1v) is 6.62. The van der Waals surface area contributed by atoms with Gasteiger partial charge in [-0.2, -0.15) is 0 Å². The van der Waals surface area contributed by atoms with Gasteiger partial charge in [0.15, 0.2) is 0 Å². The molecule has 0 spiro atoms. The summed E-state index contributed by atoms with van der Waals surface area (Å²) in [6.45, 7) is 0. The van der Waals surface area contributed by atoms with Crippen molar-refractivity contribution in [2.75, 3.05) is 0 Å². The Kier molecular flexibility index (Phi) is 4.28. The van der Waals surface area contributed by atoms with E-state index in [1.807, 2.05) is 0 Å². The van der Waals surface area contributed by atoms with Crippen LogP contribution in [0, 0.1) is 5.82 Å². The number of aliphatic hydroxyl groups excluding tert-OH is 1. The summed E-state index contributed by atoms with van der Waals surface area (Å²) < 4.78 is 13.8. The standard InChI is InChI=1S/C13H8BrCl2FO/c14-10-5-4-7(17)6-9(10)13(18)8-2-1-3-11(15)12(8)16/h1-6,13,18H. The lowest BCUT2D eigenvalue weighted by Crippen LogP contribution is -2.02. The molecule has 1 N–H and O–H groups in total. The average Bonchev–Trinajstić information content (AvgIpc) is 2.35. The van der Waals surface area contributed by atoms with E-state index in [4.69, 9.17) is 23.2 Å². The second-order valence-electron chi connectivity index (χ2n) is 3.71. The summed E-state index contributed by atoms with van der Waals surface area (Å²) in [5.41, 5.74) is 0.842. The number of aliphatic hydroxyl groups is 1. The zero-order chi connectivity index (χ0) is 13.3. The Morgan fingerprint density at radius 3 is 2.56 bits per heavy atom. The molecule has 1 atom stereocenters. The second kappa shape index (κ2) is 5.57. The van der Waals surface area contributed by atoms with Crippen LogP contribution in [-0.4, -0.2) is 5.11 Å². The van der Waals surface area contributed by atoms with Crippen molar-refractivity contribution < 1.29 is 9.50 Å². The summed E-state index contributed by atoms with van der Waals surface area (Å²) in [6, 6.07) is 9.05. The normalized spacial score (nSPS) is 12.5. The van der Waals surface area contributed by atoms with Crippen LogP contribution in [0.1, 0.15) is 17.2 Å². The molecule has 18 heavy (non-hydrogen) atoms. The van der Waals surface area contributed by atoms with Gasteiger partial charge in [0.05, 0.1) is 10.0 Å². The van der Waals surface area contributed by atoms with Gasteiger partial charge in [0.1, 0.15) is 11.9 Å². The first kappa shape index (κ1) is 13.8. The zero-order valence-electron chi connectivity index (χ0n) is 9.00. The maximum Gasteiger partial charge on any atom is 0.123 e. The molecule has 1 unspecified atom stereocenters. The molecule has 0 aliphatic rings. The highest BCUT2D eigenvalue weighted by Crippen LogP contribution is 2.35. The van der Waals surface area contributed by atoms with Crippen LogP contribution in [0.2, 0.25) is 10.0 Å². The number of hydrogen-bond donors (Lipinski definition) is 1. The largest absolute Gasteiger partial charge is 0.384 e. The van der Waals surface area contributed by atoms with E-state index in [0.29, 0.717) is 20.6 Å². The van der Waals surface area contributed by atoms with Gasteiger partial charge in [-0.1, -0.05) is 51.3 Å². The van der Waals surface area contributed by atoms with Crippen LogP contribution in [0.3, 0.4) is 0 Å². The van der Waals surface area contributed by atoms with Gasteiger partial charge in [-0.3, -0.25) is 0 Å². The zero-order valence-corrected chi connectivity index (χ0v) is 12.1. The topological polar surface area (TPSA) is 20.2 Å². The van der Waals surface area contributed by atoms with Crippen LogP contribution in [0.15, 0.2) is 40.9 Å². The van der Waals surface area contributed by atoms with Gasteiger partial charge in [0.2, 0.25) is 0 Å². The van der Waals surface area contributed by atoms with Crippen molar-refractivity contribution in [1.82, 2.24) is 0 Å². The number of rotatable bonds is 2. The molecule has 0 fully saturated rings. The maximum absolute atomic E-state index is 13.2. The van der Waals surface area contributed by atoms with Crippen LogP contribution in [0.4, 0.5) is 4.39 Å². The number of halogens is 4. The first-order chi connectivity index (χ1) is 8.50.